The van der Waals surface area contributed by atoms with E-state index in [0.717, 1.165) is 13.1 Å². The number of benzene rings is 1. The number of carbonyl (C=O) groups is 2. The fourth-order valence-corrected chi connectivity index (χ4v) is 2.86. The van der Waals surface area contributed by atoms with Gasteiger partial charge in [0.05, 0.1) is 18.9 Å². The molecule has 1 aromatic carbocycles. The minimum absolute atomic E-state index is 0. The minimum Gasteiger partial charge on any atom is -0.482 e. The summed E-state index contributed by atoms with van der Waals surface area (Å²) in [5, 5.41) is 6.11. The van der Waals surface area contributed by atoms with E-state index in [4.69, 9.17) is 9.47 Å². The highest BCUT2D eigenvalue weighted by Crippen LogP contribution is 2.26. The van der Waals surface area contributed by atoms with E-state index >= 15 is 0 Å². The van der Waals surface area contributed by atoms with Gasteiger partial charge in [-0.25, -0.2) is 0 Å². The third-order valence-corrected chi connectivity index (χ3v) is 4.79. The van der Waals surface area contributed by atoms with Crippen LogP contribution < -0.4 is 15.4 Å². The summed E-state index contributed by atoms with van der Waals surface area (Å²) >= 11 is 0. The third-order valence-electron chi connectivity index (χ3n) is 4.79. The fraction of sp³-hybridized carbons (Fsp3) is 0.556. The Kier molecular flexibility index (Phi) is 7.68. The Morgan fingerprint density at radius 3 is 2.65 bits per heavy atom. The molecule has 0 spiro atoms. The lowest BCUT2D eigenvalue weighted by atomic mass is 9.88. The van der Waals surface area contributed by atoms with Crippen molar-refractivity contribution in [2.24, 2.45) is 11.8 Å². The first-order chi connectivity index (χ1) is 12.1. The van der Waals surface area contributed by atoms with Crippen molar-refractivity contribution in [3.8, 4) is 5.75 Å². The number of hydrogen-bond acceptors (Lipinski definition) is 5. The average molecular weight is 384 g/mol. The third kappa shape index (κ3) is 5.09. The second-order valence-electron chi connectivity index (χ2n) is 6.47. The standard InChI is InChI=1S/C18H25N3O4.ClH/c1-13(14-10-19-11-14)18(23)20-15-4-2-3-5-16(15)25-12-17(22)21-6-8-24-9-7-21;/h2-5,13-14,19H,6-12H2,1H3,(H,20,23);1H. The van der Waals surface area contributed by atoms with Gasteiger partial charge in [0.1, 0.15) is 5.75 Å². The van der Waals surface area contributed by atoms with Crippen molar-refractivity contribution in [2.75, 3.05) is 51.3 Å². The van der Waals surface area contributed by atoms with Crippen molar-refractivity contribution in [1.82, 2.24) is 10.2 Å². The molecule has 1 atom stereocenters. The zero-order chi connectivity index (χ0) is 17.6. The largest absolute Gasteiger partial charge is 0.482 e. The highest BCUT2D eigenvalue weighted by atomic mass is 35.5. The summed E-state index contributed by atoms with van der Waals surface area (Å²) in [4.78, 5) is 26.3. The predicted molar refractivity (Wildman–Crippen MR) is 101 cm³/mol. The monoisotopic (exact) mass is 383 g/mol. The van der Waals surface area contributed by atoms with Crippen LogP contribution >= 0.6 is 12.4 Å². The number of anilines is 1. The van der Waals surface area contributed by atoms with Crippen LogP contribution in [0, 0.1) is 11.8 Å². The van der Waals surface area contributed by atoms with Gasteiger partial charge in [-0.1, -0.05) is 19.1 Å². The molecule has 2 amide bonds. The van der Waals surface area contributed by atoms with Crippen LogP contribution in [0.3, 0.4) is 0 Å². The van der Waals surface area contributed by atoms with E-state index in [0.29, 0.717) is 43.7 Å². The van der Waals surface area contributed by atoms with Gasteiger partial charge < -0.3 is 25.0 Å². The van der Waals surface area contributed by atoms with E-state index in [1.165, 1.54) is 0 Å². The number of nitrogens with zero attached hydrogens (tertiary/aromatic N) is 1. The zero-order valence-electron chi connectivity index (χ0n) is 14.9. The maximum absolute atomic E-state index is 12.4. The van der Waals surface area contributed by atoms with Crippen LogP contribution in [0.2, 0.25) is 0 Å². The van der Waals surface area contributed by atoms with Crippen molar-refractivity contribution in [1.29, 1.82) is 0 Å². The Bertz CT molecular complexity index is 618. The lowest BCUT2D eigenvalue weighted by molar-refractivity contribution is -0.137. The van der Waals surface area contributed by atoms with Gasteiger partial charge >= 0.3 is 0 Å². The zero-order valence-corrected chi connectivity index (χ0v) is 15.7. The molecule has 0 aliphatic carbocycles. The second-order valence-corrected chi connectivity index (χ2v) is 6.47. The Hall–Kier alpha value is -1.83. The first-order valence-electron chi connectivity index (χ1n) is 8.74. The summed E-state index contributed by atoms with van der Waals surface area (Å²) in [6.45, 7) is 5.95. The lowest BCUT2D eigenvalue weighted by Gasteiger charge is -2.31. The summed E-state index contributed by atoms with van der Waals surface area (Å²) in [7, 11) is 0. The molecular weight excluding hydrogens is 358 g/mol. The predicted octanol–water partition coefficient (Wildman–Crippen LogP) is 1.14. The van der Waals surface area contributed by atoms with E-state index in [-0.39, 0.29) is 36.7 Å². The quantitative estimate of drug-likeness (QED) is 0.770. The van der Waals surface area contributed by atoms with Gasteiger partial charge in [-0.2, -0.15) is 0 Å². The first kappa shape index (κ1) is 20.5. The van der Waals surface area contributed by atoms with E-state index in [1.807, 2.05) is 19.1 Å². The van der Waals surface area contributed by atoms with E-state index in [1.54, 1.807) is 17.0 Å². The molecule has 2 saturated heterocycles. The van der Waals surface area contributed by atoms with Gasteiger partial charge in [-0.3, -0.25) is 9.59 Å². The van der Waals surface area contributed by atoms with Gasteiger partial charge in [-0.15, -0.1) is 12.4 Å². The van der Waals surface area contributed by atoms with Crippen molar-refractivity contribution in [3.05, 3.63) is 24.3 Å². The van der Waals surface area contributed by atoms with Crippen molar-refractivity contribution in [2.45, 2.75) is 6.92 Å². The highest BCUT2D eigenvalue weighted by molar-refractivity contribution is 5.94. The summed E-state index contributed by atoms with van der Waals surface area (Å²) in [5.74, 6) is 0.719. The van der Waals surface area contributed by atoms with Crippen LogP contribution in [0.1, 0.15) is 6.92 Å². The van der Waals surface area contributed by atoms with E-state index < -0.39 is 0 Å². The van der Waals surface area contributed by atoms with Gasteiger partial charge in [0.15, 0.2) is 6.61 Å². The molecule has 1 aromatic rings. The number of carbonyl (C=O) groups excluding carboxylic acids is 2. The molecule has 0 saturated carbocycles. The molecule has 3 rings (SSSR count). The van der Waals surface area contributed by atoms with Crippen molar-refractivity contribution in [3.63, 3.8) is 0 Å². The summed E-state index contributed by atoms with van der Waals surface area (Å²) < 4.78 is 10.9. The molecule has 26 heavy (non-hydrogen) atoms. The lowest BCUT2D eigenvalue weighted by Crippen LogP contribution is -2.48. The molecule has 2 fully saturated rings. The molecule has 2 aliphatic rings. The maximum Gasteiger partial charge on any atom is 0.260 e. The van der Waals surface area contributed by atoms with Crippen LogP contribution in [0.25, 0.3) is 0 Å². The van der Waals surface area contributed by atoms with Gasteiger partial charge in [0.25, 0.3) is 5.91 Å². The van der Waals surface area contributed by atoms with Crippen molar-refractivity contribution < 1.29 is 19.1 Å². The maximum atomic E-state index is 12.4. The van der Waals surface area contributed by atoms with Crippen LogP contribution in [-0.2, 0) is 14.3 Å². The van der Waals surface area contributed by atoms with Gasteiger partial charge in [0, 0.05) is 19.0 Å². The number of morpholine rings is 1. The Balaban J connectivity index is 0.00000243. The number of hydrogen-bond donors (Lipinski definition) is 2. The fourth-order valence-electron chi connectivity index (χ4n) is 2.86. The molecule has 2 aliphatic heterocycles. The topological polar surface area (TPSA) is 79.9 Å². The van der Waals surface area contributed by atoms with Gasteiger partial charge in [0.2, 0.25) is 5.91 Å². The smallest absolute Gasteiger partial charge is 0.260 e. The number of rotatable bonds is 6. The molecule has 2 heterocycles. The number of ether oxygens (including phenoxy) is 2. The Labute approximate surface area is 159 Å². The van der Waals surface area contributed by atoms with Crippen LogP contribution in [0.4, 0.5) is 5.69 Å². The number of para-hydroxylation sites is 2. The summed E-state index contributed by atoms with van der Waals surface area (Å²) in [5.41, 5.74) is 0.599. The van der Waals surface area contributed by atoms with E-state index in [2.05, 4.69) is 10.6 Å². The number of halogens is 1. The summed E-state index contributed by atoms with van der Waals surface area (Å²) in [6.07, 6.45) is 0. The van der Waals surface area contributed by atoms with E-state index in [9.17, 15) is 9.59 Å². The highest BCUT2D eigenvalue weighted by Gasteiger charge is 2.29. The van der Waals surface area contributed by atoms with Crippen LogP contribution in [-0.4, -0.2) is 62.7 Å². The molecule has 7 nitrogen and oxygen atoms in total. The SMILES string of the molecule is CC(C(=O)Nc1ccccc1OCC(=O)N1CCOCC1)C1CNC1.Cl. The molecule has 2 N–H and O–H groups in total. The Morgan fingerprint density at radius 2 is 2.00 bits per heavy atom. The van der Waals surface area contributed by atoms with Crippen LogP contribution in [0.15, 0.2) is 24.3 Å². The molecule has 1 unspecified atom stereocenters. The molecule has 144 valence electrons. The molecule has 0 aromatic heterocycles. The van der Waals surface area contributed by atoms with Gasteiger partial charge in [-0.05, 0) is 31.1 Å². The average Bonchev–Trinajstić information content (AvgIpc) is 2.60. The molecule has 0 bridgehead atoms. The van der Waals surface area contributed by atoms with Crippen LogP contribution in [0.5, 0.6) is 5.75 Å². The summed E-state index contributed by atoms with van der Waals surface area (Å²) in [6, 6.07) is 7.21. The second kappa shape index (κ2) is 9.75. The minimum atomic E-state index is -0.0710. The van der Waals surface area contributed by atoms with Crippen molar-refractivity contribution >= 4 is 29.9 Å². The number of amides is 2. The first-order valence-corrected chi connectivity index (χ1v) is 8.74. The normalized spacial score (nSPS) is 18.3. The molecule has 0 radical (unpaired) electrons. The molecule has 8 heteroatoms. The number of nitrogens with one attached hydrogen (secondary N) is 2. The Morgan fingerprint density at radius 1 is 1.31 bits per heavy atom. The molecular formula is C18H26ClN3O4.